The number of hydrogen-bond donors (Lipinski definition) is 1. The lowest BCUT2D eigenvalue weighted by atomic mass is 10.2. The fraction of sp³-hybridized carbons (Fsp3) is 0.727. The Morgan fingerprint density at radius 2 is 2.12 bits per heavy atom. The quantitative estimate of drug-likeness (QED) is 0.815. The predicted octanol–water partition coefficient (Wildman–Crippen LogP) is 2.59. The summed E-state index contributed by atoms with van der Waals surface area (Å²) in [6.07, 6.45) is -0.934. The van der Waals surface area contributed by atoms with Crippen LogP contribution in [0.5, 0.6) is 0 Å². The van der Waals surface area contributed by atoms with Crippen LogP contribution in [0.4, 0.5) is 8.78 Å². The highest BCUT2D eigenvalue weighted by Gasteiger charge is 2.18. The van der Waals surface area contributed by atoms with Gasteiger partial charge in [0.15, 0.2) is 0 Å². The Bertz CT molecular complexity index is 321. The zero-order valence-corrected chi connectivity index (χ0v) is 10.0. The van der Waals surface area contributed by atoms with Gasteiger partial charge in [0, 0.05) is 18.7 Å². The van der Waals surface area contributed by atoms with Crippen LogP contribution in [0.25, 0.3) is 0 Å². The first-order valence-electron chi connectivity index (χ1n) is 5.59. The maximum atomic E-state index is 12.8. The van der Waals surface area contributed by atoms with Gasteiger partial charge >= 0.3 is 0 Å². The molecule has 3 nitrogen and oxygen atoms in total. The second kappa shape index (κ2) is 5.94. The fourth-order valence-corrected chi connectivity index (χ4v) is 1.57. The zero-order chi connectivity index (χ0) is 12.1. The topological polar surface area (TPSA) is 29.9 Å². The number of halogens is 2. The third-order valence-electron chi connectivity index (χ3n) is 2.33. The summed E-state index contributed by atoms with van der Waals surface area (Å²) in [5.74, 6) is 0.510. The molecule has 0 bridgehead atoms. The van der Waals surface area contributed by atoms with Crippen molar-refractivity contribution in [2.24, 2.45) is 5.92 Å². The molecule has 0 fully saturated rings. The molecule has 0 atom stereocenters. The SMILES string of the molecule is CCn1ncc(CNCC(C)C)c1C(F)F. The highest BCUT2D eigenvalue weighted by molar-refractivity contribution is 5.18. The monoisotopic (exact) mass is 231 g/mol. The molecule has 0 aromatic carbocycles. The predicted molar refractivity (Wildman–Crippen MR) is 59.4 cm³/mol. The summed E-state index contributed by atoms with van der Waals surface area (Å²) in [6, 6.07) is 0. The van der Waals surface area contributed by atoms with Crippen molar-refractivity contribution in [2.75, 3.05) is 6.54 Å². The first-order chi connectivity index (χ1) is 7.56. The van der Waals surface area contributed by atoms with Crippen LogP contribution < -0.4 is 5.32 Å². The van der Waals surface area contributed by atoms with Crippen molar-refractivity contribution in [1.82, 2.24) is 15.1 Å². The highest BCUT2D eigenvalue weighted by atomic mass is 19.3. The number of hydrogen-bond acceptors (Lipinski definition) is 2. The van der Waals surface area contributed by atoms with Crippen molar-refractivity contribution >= 4 is 0 Å². The largest absolute Gasteiger partial charge is 0.312 e. The molecule has 1 rings (SSSR count). The normalized spacial score (nSPS) is 11.7. The first-order valence-corrected chi connectivity index (χ1v) is 5.59. The Morgan fingerprint density at radius 3 is 2.62 bits per heavy atom. The molecule has 92 valence electrons. The summed E-state index contributed by atoms with van der Waals surface area (Å²) in [6.45, 7) is 7.72. The summed E-state index contributed by atoms with van der Waals surface area (Å²) in [5, 5.41) is 7.10. The number of nitrogens with zero attached hydrogens (tertiary/aromatic N) is 2. The van der Waals surface area contributed by atoms with E-state index in [1.165, 1.54) is 10.9 Å². The Labute approximate surface area is 94.8 Å². The van der Waals surface area contributed by atoms with Crippen LogP contribution in [0.1, 0.15) is 38.5 Å². The number of aromatic nitrogens is 2. The summed E-state index contributed by atoms with van der Waals surface area (Å²) in [4.78, 5) is 0. The molecule has 1 aromatic rings. The second-order valence-electron chi connectivity index (χ2n) is 4.20. The van der Waals surface area contributed by atoms with Crippen molar-refractivity contribution in [3.63, 3.8) is 0 Å². The lowest BCUT2D eigenvalue weighted by Crippen LogP contribution is -2.19. The number of aryl methyl sites for hydroxylation is 1. The Morgan fingerprint density at radius 1 is 1.44 bits per heavy atom. The molecular weight excluding hydrogens is 212 g/mol. The summed E-state index contributed by atoms with van der Waals surface area (Å²) in [5.41, 5.74) is 0.635. The molecule has 16 heavy (non-hydrogen) atoms. The third-order valence-corrected chi connectivity index (χ3v) is 2.33. The molecule has 0 spiro atoms. The third kappa shape index (κ3) is 3.27. The molecule has 0 amide bonds. The zero-order valence-electron chi connectivity index (χ0n) is 10.0. The van der Waals surface area contributed by atoms with Gasteiger partial charge in [0.2, 0.25) is 0 Å². The van der Waals surface area contributed by atoms with E-state index in [9.17, 15) is 8.78 Å². The van der Waals surface area contributed by atoms with Crippen molar-refractivity contribution < 1.29 is 8.78 Å². The molecule has 0 aliphatic carbocycles. The van der Waals surface area contributed by atoms with Gasteiger partial charge in [-0.3, -0.25) is 4.68 Å². The molecule has 1 aromatic heterocycles. The van der Waals surface area contributed by atoms with Gasteiger partial charge in [0.05, 0.1) is 6.20 Å². The molecule has 0 unspecified atom stereocenters. The van der Waals surface area contributed by atoms with Gasteiger partial charge in [0.25, 0.3) is 6.43 Å². The van der Waals surface area contributed by atoms with E-state index < -0.39 is 6.43 Å². The lowest BCUT2D eigenvalue weighted by Gasteiger charge is -2.09. The van der Waals surface area contributed by atoms with Crippen molar-refractivity contribution in [3.05, 3.63) is 17.5 Å². The molecule has 0 radical (unpaired) electrons. The first kappa shape index (κ1) is 13.1. The van der Waals surface area contributed by atoms with Crippen molar-refractivity contribution in [1.29, 1.82) is 0 Å². The minimum Gasteiger partial charge on any atom is -0.312 e. The molecule has 0 saturated carbocycles. The van der Waals surface area contributed by atoms with E-state index in [0.29, 0.717) is 24.6 Å². The van der Waals surface area contributed by atoms with E-state index in [1.807, 2.05) is 6.92 Å². The van der Waals surface area contributed by atoms with Gasteiger partial charge in [-0.25, -0.2) is 8.78 Å². The van der Waals surface area contributed by atoms with E-state index in [-0.39, 0.29) is 5.69 Å². The fourth-order valence-electron chi connectivity index (χ4n) is 1.57. The second-order valence-corrected chi connectivity index (χ2v) is 4.20. The molecule has 0 saturated heterocycles. The molecule has 1 heterocycles. The minimum absolute atomic E-state index is 0.0405. The highest BCUT2D eigenvalue weighted by Crippen LogP contribution is 2.22. The van der Waals surface area contributed by atoms with E-state index >= 15 is 0 Å². The Kier molecular flexibility index (Phi) is 4.86. The van der Waals surface area contributed by atoms with E-state index in [4.69, 9.17) is 0 Å². The van der Waals surface area contributed by atoms with Crippen LogP contribution in [-0.2, 0) is 13.1 Å². The summed E-state index contributed by atoms with van der Waals surface area (Å²) >= 11 is 0. The summed E-state index contributed by atoms with van der Waals surface area (Å²) in [7, 11) is 0. The van der Waals surface area contributed by atoms with Crippen LogP contribution in [-0.4, -0.2) is 16.3 Å². The van der Waals surface area contributed by atoms with Gasteiger partial charge in [-0.2, -0.15) is 5.10 Å². The van der Waals surface area contributed by atoms with Crippen molar-refractivity contribution in [2.45, 2.75) is 40.3 Å². The van der Waals surface area contributed by atoms with Gasteiger partial charge in [-0.15, -0.1) is 0 Å². The molecule has 1 N–H and O–H groups in total. The van der Waals surface area contributed by atoms with Crippen LogP contribution in [0, 0.1) is 5.92 Å². The summed E-state index contributed by atoms with van der Waals surface area (Å²) < 4.78 is 27.0. The number of rotatable bonds is 6. The van der Waals surface area contributed by atoms with E-state index in [0.717, 1.165) is 6.54 Å². The Balaban J connectivity index is 2.68. The average molecular weight is 231 g/mol. The standard InChI is InChI=1S/C11H19F2N3/c1-4-16-10(11(12)13)9(7-15-16)6-14-5-8(2)3/h7-8,11,14H,4-6H2,1-3H3. The van der Waals surface area contributed by atoms with Gasteiger partial charge < -0.3 is 5.32 Å². The maximum absolute atomic E-state index is 12.8. The molecule has 0 aliphatic rings. The number of alkyl halides is 2. The van der Waals surface area contributed by atoms with E-state index in [1.54, 1.807) is 0 Å². The van der Waals surface area contributed by atoms with Crippen LogP contribution in [0.3, 0.4) is 0 Å². The molecule has 0 aliphatic heterocycles. The van der Waals surface area contributed by atoms with Crippen LogP contribution >= 0.6 is 0 Å². The Hall–Kier alpha value is -0.970. The number of nitrogens with one attached hydrogen (secondary N) is 1. The minimum atomic E-state index is -2.46. The smallest absolute Gasteiger partial charge is 0.280 e. The van der Waals surface area contributed by atoms with Gasteiger partial charge in [0.1, 0.15) is 5.69 Å². The molecular formula is C11H19F2N3. The lowest BCUT2D eigenvalue weighted by molar-refractivity contribution is 0.138. The molecule has 5 heteroatoms. The van der Waals surface area contributed by atoms with Crippen LogP contribution in [0.2, 0.25) is 0 Å². The van der Waals surface area contributed by atoms with Crippen LogP contribution in [0.15, 0.2) is 6.20 Å². The van der Waals surface area contributed by atoms with E-state index in [2.05, 4.69) is 24.3 Å². The van der Waals surface area contributed by atoms with Gasteiger partial charge in [-0.05, 0) is 19.4 Å². The van der Waals surface area contributed by atoms with Crippen molar-refractivity contribution in [3.8, 4) is 0 Å². The van der Waals surface area contributed by atoms with Gasteiger partial charge in [-0.1, -0.05) is 13.8 Å². The maximum Gasteiger partial charge on any atom is 0.280 e. The average Bonchev–Trinajstić information content (AvgIpc) is 2.60.